The third kappa shape index (κ3) is 1.89. The second-order valence-corrected chi connectivity index (χ2v) is 1.85. The van der Waals surface area contributed by atoms with Crippen LogP contribution < -0.4 is 33.0 Å². The molecule has 0 spiro atoms. The van der Waals surface area contributed by atoms with Crippen molar-refractivity contribution in [1.29, 1.82) is 0 Å². The van der Waals surface area contributed by atoms with Gasteiger partial charge in [-0.15, -0.1) is 0 Å². The molecule has 2 rings (SSSR count). The number of halogens is 1. The molecule has 0 atom stereocenters. The van der Waals surface area contributed by atoms with E-state index in [2.05, 4.69) is 0 Å². The van der Waals surface area contributed by atoms with E-state index in [-0.39, 0.29) is 23.6 Å². The summed E-state index contributed by atoms with van der Waals surface area (Å²) in [5, 5.41) is 0. The molecular weight excluding hydrogens is 142 g/mol. The normalized spacial score (nSPS) is 11.3. The van der Waals surface area contributed by atoms with Crippen LogP contribution in [0.2, 0.25) is 0 Å². The van der Waals surface area contributed by atoms with E-state index in [4.69, 9.17) is 9.47 Å². The smallest absolute Gasteiger partial charge is 1.00 e. The van der Waals surface area contributed by atoms with E-state index in [0.29, 0.717) is 6.79 Å². The van der Waals surface area contributed by atoms with Gasteiger partial charge in [-0.25, -0.2) is 0 Å². The van der Waals surface area contributed by atoms with E-state index in [1.807, 2.05) is 24.3 Å². The van der Waals surface area contributed by atoms with E-state index in [1.54, 1.807) is 0 Å². The molecule has 0 bridgehead atoms. The second-order valence-electron chi connectivity index (χ2n) is 1.85. The van der Waals surface area contributed by atoms with Gasteiger partial charge in [0.2, 0.25) is 6.79 Å². The van der Waals surface area contributed by atoms with Gasteiger partial charge < -0.3 is 14.2 Å². The SMILES string of the molecule is [F-].[Li+].c1ccc2c(c1)OCO2. The number of fused-ring (bicyclic) bond motifs is 1. The van der Waals surface area contributed by atoms with E-state index in [9.17, 15) is 0 Å². The van der Waals surface area contributed by atoms with Crippen molar-refractivity contribution in [3.05, 3.63) is 24.3 Å². The summed E-state index contributed by atoms with van der Waals surface area (Å²) in [4.78, 5) is 0. The molecule has 1 aromatic rings. The molecule has 11 heavy (non-hydrogen) atoms. The van der Waals surface area contributed by atoms with Crippen LogP contribution in [0.1, 0.15) is 0 Å². The molecule has 0 saturated heterocycles. The van der Waals surface area contributed by atoms with Crippen LogP contribution in [-0.2, 0) is 0 Å². The summed E-state index contributed by atoms with van der Waals surface area (Å²) in [7, 11) is 0. The van der Waals surface area contributed by atoms with E-state index in [1.165, 1.54) is 0 Å². The number of ether oxygens (including phenoxy) is 2. The first-order valence-corrected chi connectivity index (χ1v) is 2.81. The van der Waals surface area contributed by atoms with E-state index < -0.39 is 0 Å². The average molecular weight is 148 g/mol. The number of hydrogen-bond donors (Lipinski definition) is 0. The quantitative estimate of drug-likeness (QED) is 0.345. The first-order chi connectivity index (χ1) is 4.47. The van der Waals surface area contributed by atoms with Crippen LogP contribution in [0.5, 0.6) is 11.5 Å². The fraction of sp³-hybridized carbons (Fsp3) is 0.143. The topological polar surface area (TPSA) is 18.5 Å². The number of benzene rings is 1. The van der Waals surface area contributed by atoms with Gasteiger partial charge in [0.1, 0.15) is 0 Å². The molecule has 1 aliphatic heterocycles. The molecule has 1 heterocycles. The van der Waals surface area contributed by atoms with Crippen molar-refractivity contribution < 1.29 is 33.0 Å². The predicted molar refractivity (Wildman–Crippen MR) is 32.6 cm³/mol. The van der Waals surface area contributed by atoms with Crippen LogP contribution in [0.4, 0.5) is 0 Å². The third-order valence-corrected chi connectivity index (χ3v) is 1.28. The number of para-hydroxylation sites is 2. The fourth-order valence-corrected chi connectivity index (χ4v) is 0.845. The van der Waals surface area contributed by atoms with Gasteiger partial charge in [-0.1, -0.05) is 12.1 Å². The van der Waals surface area contributed by atoms with Crippen molar-refractivity contribution in [2.45, 2.75) is 0 Å². The zero-order chi connectivity index (χ0) is 6.10. The molecular formula is C7H6FLiO2. The van der Waals surface area contributed by atoms with Gasteiger partial charge in [0, 0.05) is 0 Å². The summed E-state index contributed by atoms with van der Waals surface area (Å²) in [5.41, 5.74) is 0. The predicted octanol–water partition coefficient (Wildman–Crippen LogP) is -4.58. The monoisotopic (exact) mass is 148 g/mol. The molecule has 0 aromatic heterocycles. The maximum atomic E-state index is 5.08. The van der Waals surface area contributed by atoms with Crippen LogP contribution >= 0.6 is 0 Å². The van der Waals surface area contributed by atoms with Crippen LogP contribution in [0.25, 0.3) is 0 Å². The Morgan fingerprint density at radius 3 is 1.91 bits per heavy atom. The van der Waals surface area contributed by atoms with Gasteiger partial charge in [0.05, 0.1) is 0 Å². The Labute approximate surface area is 76.0 Å². The van der Waals surface area contributed by atoms with E-state index >= 15 is 0 Å². The van der Waals surface area contributed by atoms with Gasteiger partial charge in [0.25, 0.3) is 0 Å². The minimum atomic E-state index is 0. The van der Waals surface area contributed by atoms with Crippen molar-refractivity contribution in [2.75, 3.05) is 6.79 Å². The molecule has 0 fully saturated rings. The van der Waals surface area contributed by atoms with Crippen molar-refractivity contribution in [3.8, 4) is 11.5 Å². The summed E-state index contributed by atoms with van der Waals surface area (Å²) in [5.74, 6) is 1.69. The van der Waals surface area contributed by atoms with Gasteiger partial charge in [-0.05, 0) is 12.1 Å². The standard InChI is InChI=1S/C7H6O2.FH.Li/c1-2-4-7-6(3-1)8-5-9-7;;/h1-4H,5H2;1H;/q;;+1/p-1. The van der Waals surface area contributed by atoms with E-state index in [0.717, 1.165) is 11.5 Å². The first kappa shape index (κ1) is 10.3. The molecule has 0 radical (unpaired) electrons. The van der Waals surface area contributed by atoms with Gasteiger partial charge in [-0.3, -0.25) is 0 Å². The minimum Gasteiger partial charge on any atom is -1.00 e. The Morgan fingerprint density at radius 1 is 1.00 bits per heavy atom. The summed E-state index contributed by atoms with van der Waals surface area (Å²) < 4.78 is 10.2. The molecule has 0 amide bonds. The third-order valence-electron chi connectivity index (χ3n) is 1.28. The fourth-order valence-electron chi connectivity index (χ4n) is 0.845. The molecule has 54 valence electrons. The largest absolute Gasteiger partial charge is 1.00 e. The molecule has 2 nitrogen and oxygen atoms in total. The molecule has 1 aliphatic rings. The number of hydrogen-bond acceptors (Lipinski definition) is 2. The summed E-state index contributed by atoms with van der Waals surface area (Å²) >= 11 is 0. The number of rotatable bonds is 0. The molecule has 4 heteroatoms. The van der Waals surface area contributed by atoms with Crippen LogP contribution in [-0.4, -0.2) is 6.79 Å². The van der Waals surface area contributed by atoms with Gasteiger partial charge in [0.15, 0.2) is 11.5 Å². The Morgan fingerprint density at radius 2 is 1.45 bits per heavy atom. The zero-order valence-corrected chi connectivity index (χ0v) is 6.21. The molecule has 0 aliphatic carbocycles. The van der Waals surface area contributed by atoms with Gasteiger partial charge >= 0.3 is 18.9 Å². The second kappa shape index (κ2) is 4.27. The Hall–Kier alpha value is -0.653. The van der Waals surface area contributed by atoms with Crippen molar-refractivity contribution >= 4 is 0 Å². The molecule has 0 unspecified atom stereocenters. The minimum absolute atomic E-state index is 0. The Balaban J connectivity index is 0.000000500. The maximum absolute atomic E-state index is 5.08. The molecule has 0 N–H and O–H groups in total. The average Bonchev–Trinajstić information content (AvgIpc) is 2.33. The van der Waals surface area contributed by atoms with Gasteiger partial charge in [-0.2, -0.15) is 0 Å². The maximum Gasteiger partial charge on any atom is 1.00 e. The van der Waals surface area contributed by atoms with Crippen LogP contribution in [0, 0.1) is 0 Å². The molecule has 0 saturated carbocycles. The Kier molecular flexibility index (Phi) is 4.02. The van der Waals surface area contributed by atoms with Crippen LogP contribution in [0.15, 0.2) is 24.3 Å². The van der Waals surface area contributed by atoms with Crippen molar-refractivity contribution in [3.63, 3.8) is 0 Å². The van der Waals surface area contributed by atoms with Crippen molar-refractivity contribution in [1.82, 2.24) is 0 Å². The summed E-state index contributed by atoms with van der Waals surface area (Å²) in [6.07, 6.45) is 0. The Bertz CT molecular complexity index is 206. The summed E-state index contributed by atoms with van der Waals surface area (Å²) in [6, 6.07) is 7.63. The van der Waals surface area contributed by atoms with Crippen molar-refractivity contribution in [2.24, 2.45) is 0 Å². The summed E-state index contributed by atoms with van der Waals surface area (Å²) in [6.45, 7) is 0.360. The van der Waals surface area contributed by atoms with Crippen LogP contribution in [0.3, 0.4) is 0 Å². The molecule has 1 aromatic carbocycles. The zero-order valence-electron chi connectivity index (χ0n) is 6.21. The first-order valence-electron chi connectivity index (χ1n) is 2.81.